The highest BCUT2D eigenvalue weighted by atomic mass is 35.5. The Morgan fingerprint density at radius 3 is 2.69 bits per heavy atom. The minimum Gasteiger partial charge on any atom is -0.319 e. The summed E-state index contributed by atoms with van der Waals surface area (Å²) in [6.07, 6.45) is 1.63. The lowest BCUT2D eigenvalue weighted by molar-refractivity contribution is 0.101. The maximum atomic E-state index is 11.7. The fourth-order valence-corrected chi connectivity index (χ4v) is 1.66. The van der Waals surface area contributed by atoms with Crippen LogP contribution in [0.4, 0.5) is 5.69 Å². The average Bonchev–Trinajstić information content (AvgIpc) is 2.25. The molecule has 0 unspecified atom stereocenters. The maximum absolute atomic E-state index is 11.7. The topological polar surface area (TPSA) is 54.9 Å². The Balaban J connectivity index is 1.85. The van der Waals surface area contributed by atoms with E-state index in [0.29, 0.717) is 21.8 Å². The molecule has 1 amide bonds. The number of aromatic nitrogens is 2. The van der Waals surface area contributed by atoms with E-state index >= 15 is 0 Å². The quantitative estimate of drug-likeness (QED) is 0.734. The zero-order chi connectivity index (χ0) is 11.1. The fraction of sp³-hybridized carbons (Fsp3) is 0. The van der Waals surface area contributed by atoms with Crippen molar-refractivity contribution < 1.29 is 4.79 Å². The lowest BCUT2D eigenvalue weighted by atomic mass is 10.2. The van der Waals surface area contributed by atoms with Gasteiger partial charge in [-0.05, 0) is 12.1 Å². The molecule has 1 aromatic rings. The van der Waals surface area contributed by atoms with Gasteiger partial charge in [0.05, 0.1) is 16.9 Å². The van der Waals surface area contributed by atoms with Crippen molar-refractivity contribution in [2.75, 3.05) is 5.32 Å². The molecule has 78 valence electrons. The number of hydrogen-bond donors (Lipinski definition) is 1. The van der Waals surface area contributed by atoms with Crippen LogP contribution >= 0.6 is 11.6 Å². The molecule has 0 saturated carbocycles. The van der Waals surface area contributed by atoms with Crippen molar-refractivity contribution in [3.05, 3.63) is 51.9 Å². The number of benzene rings is 1. The second-order valence-electron chi connectivity index (χ2n) is 3.39. The highest BCUT2D eigenvalue weighted by molar-refractivity contribution is 6.33. The number of rotatable bonds is 2. The Morgan fingerprint density at radius 1 is 1.31 bits per heavy atom. The number of carbonyl (C=O) groups is 1. The molecule has 3 rings (SSSR count). The zero-order valence-electron chi connectivity index (χ0n) is 8.07. The van der Waals surface area contributed by atoms with E-state index in [9.17, 15) is 4.79 Å². The third kappa shape index (κ3) is 1.27. The number of hydrogen-bond acceptors (Lipinski definition) is 3. The van der Waals surface area contributed by atoms with Gasteiger partial charge in [0.1, 0.15) is 10.7 Å². The highest BCUT2D eigenvalue weighted by Crippen LogP contribution is 2.21. The van der Waals surface area contributed by atoms with Crippen LogP contribution in [0.15, 0.2) is 30.5 Å². The van der Waals surface area contributed by atoms with E-state index in [0.717, 1.165) is 5.35 Å². The minimum atomic E-state index is -0.274. The van der Waals surface area contributed by atoms with Crippen molar-refractivity contribution in [1.29, 1.82) is 0 Å². The molecule has 0 aliphatic carbocycles. The number of para-hydroxylation sites is 1. The van der Waals surface area contributed by atoms with E-state index in [4.69, 9.17) is 11.6 Å². The summed E-state index contributed by atoms with van der Waals surface area (Å²) in [7, 11) is 0. The summed E-state index contributed by atoms with van der Waals surface area (Å²) < 4.78 is 0. The summed E-state index contributed by atoms with van der Waals surface area (Å²) >= 11 is 5.92. The predicted molar refractivity (Wildman–Crippen MR) is 59.1 cm³/mol. The molecule has 5 heteroatoms. The molecule has 1 N–H and O–H groups in total. The lowest BCUT2D eigenvalue weighted by Gasteiger charge is -2.10. The Hall–Kier alpha value is -1.94. The molecular formula is C11H6ClN3O. The van der Waals surface area contributed by atoms with Gasteiger partial charge in [-0.25, -0.2) is 9.97 Å². The summed E-state index contributed by atoms with van der Waals surface area (Å²) in [5, 5.41) is 4.67. The van der Waals surface area contributed by atoms with Crippen LogP contribution in [0.25, 0.3) is 0 Å². The van der Waals surface area contributed by atoms with Crippen molar-refractivity contribution in [3.8, 4) is 0 Å². The van der Waals surface area contributed by atoms with Crippen LogP contribution in [-0.2, 0) is 0 Å². The Bertz CT molecular complexity index is 684. The average molecular weight is 232 g/mol. The van der Waals surface area contributed by atoms with E-state index in [2.05, 4.69) is 15.3 Å². The van der Waals surface area contributed by atoms with E-state index in [1.165, 1.54) is 0 Å². The monoisotopic (exact) mass is 231 g/mol. The third-order valence-corrected chi connectivity index (χ3v) is 2.68. The van der Waals surface area contributed by atoms with Gasteiger partial charge in [-0.15, -0.1) is 0 Å². The molecule has 4 nitrogen and oxygen atoms in total. The van der Waals surface area contributed by atoms with Crippen molar-refractivity contribution in [2.45, 2.75) is 0 Å². The van der Waals surface area contributed by atoms with Gasteiger partial charge >= 0.3 is 0 Å². The van der Waals surface area contributed by atoms with E-state index in [1.807, 2.05) is 0 Å². The van der Waals surface area contributed by atoms with Crippen molar-refractivity contribution in [1.82, 2.24) is 9.97 Å². The Labute approximate surface area is 95.6 Å². The zero-order valence-corrected chi connectivity index (χ0v) is 8.82. The molecule has 0 saturated heterocycles. The van der Waals surface area contributed by atoms with Crippen LogP contribution in [-0.4, -0.2) is 15.9 Å². The van der Waals surface area contributed by atoms with Crippen molar-refractivity contribution in [2.24, 2.45) is 0 Å². The van der Waals surface area contributed by atoms with Gasteiger partial charge in [0, 0.05) is 0 Å². The van der Waals surface area contributed by atoms with Crippen LogP contribution in [0.2, 0.25) is 5.02 Å². The lowest BCUT2D eigenvalue weighted by Crippen LogP contribution is -2.20. The van der Waals surface area contributed by atoms with Gasteiger partial charge in [-0.2, -0.15) is 0 Å². The first kappa shape index (κ1) is 9.30. The summed E-state index contributed by atoms with van der Waals surface area (Å²) in [6.45, 7) is 0. The molecule has 0 aromatic heterocycles. The first-order valence-electron chi connectivity index (χ1n) is 4.69. The van der Waals surface area contributed by atoms with Crippen LogP contribution < -0.4 is 5.32 Å². The Kier molecular flexibility index (Phi) is 1.91. The van der Waals surface area contributed by atoms with Crippen LogP contribution in [0.1, 0.15) is 10.5 Å². The second kappa shape index (κ2) is 3.28. The van der Waals surface area contributed by atoms with E-state index in [-0.39, 0.29) is 5.91 Å². The second-order valence-corrected chi connectivity index (χ2v) is 3.79. The number of nitrogens with one attached hydrogen (secondary N) is 1. The number of halogens is 1. The molecule has 0 atom stereocenters. The van der Waals surface area contributed by atoms with Gasteiger partial charge in [0.2, 0.25) is 0 Å². The maximum Gasteiger partial charge on any atom is 0.276 e. The van der Waals surface area contributed by atoms with E-state index < -0.39 is 0 Å². The predicted octanol–water partition coefficient (Wildman–Crippen LogP) is 1.98. The summed E-state index contributed by atoms with van der Waals surface area (Å²) in [6, 6.07) is 7.05. The normalized spacial score (nSPS) is 11.1. The summed E-state index contributed by atoms with van der Waals surface area (Å²) in [5.74, 6) is -0.274. The van der Waals surface area contributed by atoms with Crippen molar-refractivity contribution >= 4 is 23.2 Å². The smallest absolute Gasteiger partial charge is 0.276 e. The largest absolute Gasteiger partial charge is 0.319 e. The number of amides is 1. The molecular weight excluding hydrogens is 226 g/mol. The minimum absolute atomic E-state index is 0.274. The molecule has 2 aliphatic rings. The standard InChI is InChI=1S/C11H6ClN3O/c12-6-3-1-2-4-7(6)15-11(16)10-9-8(14-10)5-13-9/h1-5H,(H,15,16). The third-order valence-electron chi connectivity index (χ3n) is 2.35. The first-order valence-corrected chi connectivity index (χ1v) is 5.07. The molecule has 2 heterocycles. The first-order chi connectivity index (χ1) is 7.75. The molecule has 0 fully saturated rings. The van der Waals surface area contributed by atoms with Crippen molar-refractivity contribution in [3.63, 3.8) is 0 Å². The molecule has 0 spiro atoms. The van der Waals surface area contributed by atoms with Gasteiger partial charge in [0.25, 0.3) is 5.91 Å². The summed E-state index contributed by atoms with van der Waals surface area (Å²) in [5.41, 5.74) is 0.951. The van der Waals surface area contributed by atoms with Gasteiger partial charge in [-0.3, -0.25) is 4.79 Å². The van der Waals surface area contributed by atoms with Gasteiger partial charge in [0.15, 0.2) is 5.69 Å². The number of carbonyl (C=O) groups excluding carboxylic acids is 1. The molecule has 0 bridgehead atoms. The molecule has 2 aliphatic heterocycles. The Morgan fingerprint density at radius 2 is 2.12 bits per heavy atom. The van der Waals surface area contributed by atoms with Gasteiger partial charge < -0.3 is 5.32 Å². The number of nitrogens with zero attached hydrogens (tertiary/aromatic N) is 2. The number of anilines is 1. The molecule has 16 heavy (non-hydrogen) atoms. The fourth-order valence-electron chi connectivity index (χ4n) is 1.47. The summed E-state index contributed by atoms with van der Waals surface area (Å²) in [4.78, 5) is 19.7. The van der Waals surface area contributed by atoms with Crippen LogP contribution in [0, 0.1) is 10.7 Å². The molecule has 1 aromatic carbocycles. The highest BCUT2D eigenvalue weighted by Gasteiger charge is 2.18. The molecule has 0 radical (unpaired) electrons. The van der Waals surface area contributed by atoms with Crippen LogP contribution in [0.3, 0.4) is 0 Å². The van der Waals surface area contributed by atoms with E-state index in [1.54, 1.807) is 30.5 Å². The SMILES string of the molecule is O=C(Nc1ccccc1Cl)c1nc2cnc1=2. The van der Waals surface area contributed by atoms with Gasteiger partial charge in [-0.1, -0.05) is 23.7 Å². The van der Waals surface area contributed by atoms with Crippen LogP contribution in [0.5, 0.6) is 0 Å².